The topological polar surface area (TPSA) is 64.4 Å². The fourth-order valence-electron chi connectivity index (χ4n) is 2.63. The lowest BCUT2D eigenvalue weighted by Crippen LogP contribution is -2.27. The lowest BCUT2D eigenvalue weighted by molar-refractivity contribution is 0.340. The Bertz CT molecular complexity index is 795. The first-order valence-corrected chi connectivity index (χ1v) is 9.47. The molecule has 0 fully saturated rings. The zero-order valence-corrected chi connectivity index (χ0v) is 15.7. The summed E-state index contributed by atoms with van der Waals surface area (Å²) in [5.74, 6) is 0.662. The molecule has 0 atom stereocenters. The first-order chi connectivity index (χ1) is 11.3. The maximum absolute atomic E-state index is 12.8. The van der Waals surface area contributed by atoms with Crippen molar-refractivity contribution >= 4 is 10.0 Å². The van der Waals surface area contributed by atoms with Gasteiger partial charge in [0, 0.05) is 31.4 Å². The van der Waals surface area contributed by atoms with Gasteiger partial charge >= 0.3 is 0 Å². The Balaban J connectivity index is 2.24. The van der Waals surface area contributed by atoms with E-state index >= 15 is 0 Å². The summed E-state index contributed by atoms with van der Waals surface area (Å²) < 4.78 is 34.1. The predicted molar refractivity (Wildman–Crippen MR) is 93.6 cm³/mol. The van der Waals surface area contributed by atoms with Crippen LogP contribution in [0, 0.1) is 13.8 Å². The van der Waals surface area contributed by atoms with Crippen LogP contribution in [-0.4, -0.2) is 36.2 Å². The van der Waals surface area contributed by atoms with Crippen LogP contribution in [0.5, 0.6) is 5.75 Å². The van der Waals surface area contributed by atoms with E-state index in [4.69, 9.17) is 4.74 Å². The van der Waals surface area contributed by atoms with Crippen LogP contribution in [0.25, 0.3) is 0 Å². The average molecular weight is 351 g/mol. The molecular formula is C17H25N3O3S. The number of hydrogen-bond acceptors (Lipinski definition) is 4. The highest BCUT2D eigenvalue weighted by molar-refractivity contribution is 7.89. The Morgan fingerprint density at radius 1 is 1.17 bits per heavy atom. The van der Waals surface area contributed by atoms with Crippen molar-refractivity contribution in [3.05, 3.63) is 41.2 Å². The van der Waals surface area contributed by atoms with Crippen molar-refractivity contribution in [2.45, 2.75) is 45.7 Å². The molecule has 0 aliphatic heterocycles. The molecule has 0 aliphatic carbocycles. The van der Waals surface area contributed by atoms with Gasteiger partial charge in [-0.3, -0.25) is 4.68 Å². The third-order valence-corrected chi connectivity index (χ3v) is 5.87. The lowest BCUT2D eigenvalue weighted by Gasteiger charge is -2.18. The number of aromatic nitrogens is 2. The van der Waals surface area contributed by atoms with Gasteiger partial charge in [0.25, 0.3) is 0 Å². The minimum absolute atomic E-state index is 0.256. The van der Waals surface area contributed by atoms with Crippen molar-refractivity contribution in [1.82, 2.24) is 14.1 Å². The summed E-state index contributed by atoms with van der Waals surface area (Å²) in [5.41, 5.74) is 2.82. The average Bonchev–Trinajstić information content (AvgIpc) is 2.83. The molecule has 0 saturated heterocycles. The quantitative estimate of drug-likeness (QED) is 0.769. The van der Waals surface area contributed by atoms with Crippen molar-refractivity contribution in [2.75, 3.05) is 13.7 Å². The zero-order valence-electron chi connectivity index (χ0n) is 14.9. The van der Waals surface area contributed by atoms with Crippen molar-refractivity contribution in [3.63, 3.8) is 0 Å². The van der Waals surface area contributed by atoms with Gasteiger partial charge in [-0.05, 0) is 52.0 Å². The molecule has 132 valence electrons. The van der Waals surface area contributed by atoms with E-state index < -0.39 is 10.0 Å². The zero-order chi connectivity index (χ0) is 17.9. The molecule has 7 heteroatoms. The Morgan fingerprint density at radius 3 is 2.29 bits per heavy atom. The summed E-state index contributed by atoms with van der Waals surface area (Å²) in [7, 11) is -1.97. The fourth-order valence-corrected chi connectivity index (χ4v) is 3.77. The van der Waals surface area contributed by atoms with Gasteiger partial charge in [0.2, 0.25) is 10.0 Å². The monoisotopic (exact) mass is 351 g/mol. The van der Waals surface area contributed by atoms with E-state index in [0.29, 0.717) is 18.9 Å². The third kappa shape index (κ3) is 3.62. The minimum atomic E-state index is -3.56. The number of nitrogens with zero attached hydrogens (tertiary/aromatic N) is 3. The van der Waals surface area contributed by atoms with Crippen LogP contribution in [0.15, 0.2) is 29.2 Å². The second-order valence-electron chi connectivity index (χ2n) is 5.63. The van der Waals surface area contributed by atoms with Crippen LogP contribution >= 0.6 is 0 Å². The first-order valence-electron chi connectivity index (χ1n) is 8.03. The summed E-state index contributed by atoms with van der Waals surface area (Å²) in [4.78, 5) is 0.256. The van der Waals surface area contributed by atoms with E-state index in [1.54, 1.807) is 31.3 Å². The molecule has 1 aromatic heterocycles. The molecule has 0 bridgehead atoms. The number of rotatable bonds is 7. The summed E-state index contributed by atoms with van der Waals surface area (Å²) in [5, 5.41) is 4.45. The molecular weight excluding hydrogens is 326 g/mol. The second kappa shape index (κ2) is 7.36. The maximum atomic E-state index is 12.8. The summed E-state index contributed by atoms with van der Waals surface area (Å²) >= 11 is 0. The third-order valence-electron chi connectivity index (χ3n) is 4.05. The van der Waals surface area contributed by atoms with E-state index in [0.717, 1.165) is 23.5 Å². The van der Waals surface area contributed by atoms with E-state index in [1.165, 1.54) is 4.31 Å². The Hall–Kier alpha value is -1.86. The maximum Gasteiger partial charge on any atom is 0.243 e. The highest BCUT2D eigenvalue weighted by Gasteiger charge is 2.23. The van der Waals surface area contributed by atoms with Crippen molar-refractivity contribution < 1.29 is 13.2 Å². The molecule has 0 N–H and O–H groups in total. The number of hydrogen-bond donors (Lipinski definition) is 0. The molecule has 0 spiro atoms. The van der Waals surface area contributed by atoms with Gasteiger partial charge in [-0.1, -0.05) is 0 Å². The summed E-state index contributed by atoms with van der Waals surface area (Å²) in [6.07, 6.45) is 0. The number of aryl methyl sites for hydroxylation is 2. The van der Waals surface area contributed by atoms with Crippen LogP contribution in [0.4, 0.5) is 0 Å². The van der Waals surface area contributed by atoms with E-state index in [2.05, 4.69) is 5.10 Å². The van der Waals surface area contributed by atoms with Crippen LogP contribution in [0.1, 0.15) is 30.8 Å². The van der Waals surface area contributed by atoms with Crippen LogP contribution in [0.3, 0.4) is 0 Å². The van der Waals surface area contributed by atoms with Crippen molar-refractivity contribution in [1.29, 1.82) is 0 Å². The molecule has 2 rings (SSSR count). The van der Waals surface area contributed by atoms with Crippen LogP contribution < -0.4 is 4.74 Å². The van der Waals surface area contributed by atoms with Gasteiger partial charge in [0.15, 0.2) is 0 Å². The summed E-state index contributed by atoms with van der Waals surface area (Å²) in [6, 6.07) is 6.50. The normalized spacial score (nSPS) is 11.9. The van der Waals surface area contributed by atoms with Crippen molar-refractivity contribution in [2.24, 2.45) is 0 Å². The molecule has 0 radical (unpaired) electrons. The second-order valence-corrected chi connectivity index (χ2v) is 7.68. The number of ether oxygens (including phenoxy) is 1. The van der Waals surface area contributed by atoms with Gasteiger partial charge in [0.1, 0.15) is 5.75 Å². The highest BCUT2D eigenvalue weighted by Crippen LogP contribution is 2.22. The van der Waals surface area contributed by atoms with E-state index in [-0.39, 0.29) is 4.90 Å². The van der Waals surface area contributed by atoms with E-state index in [9.17, 15) is 8.42 Å². The molecule has 0 unspecified atom stereocenters. The smallest absolute Gasteiger partial charge is 0.243 e. The fraction of sp³-hybridized carbons (Fsp3) is 0.471. The molecule has 0 saturated carbocycles. The van der Waals surface area contributed by atoms with Gasteiger partial charge in [-0.15, -0.1) is 0 Å². The number of sulfonamides is 1. The molecule has 0 amide bonds. The number of benzene rings is 1. The van der Waals surface area contributed by atoms with Crippen LogP contribution in [-0.2, 0) is 23.1 Å². The van der Waals surface area contributed by atoms with Gasteiger partial charge in [-0.25, -0.2) is 8.42 Å². The van der Waals surface area contributed by atoms with Crippen LogP contribution in [0.2, 0.25) is 0 Å². The van der Waals surface area contributed by atoms with Gasteiger partial charge < -0.3 is 4.74 Å². The molecule has 2 aromatic rings. The lowest BCUT2D eigenvalue weighted by atomic mass is 10.2. The molecule has 24 heavy (non-hydrogen) atoms. The summed E-state index contributed by atoms with van der Waals surface area (Å²) in [6.45, 7) is 9.40. The standard InChI is InChI=1S/C17H25N3O3S/c1-6-20-14(4)17(13(3)18-20)12-19(5)24(21,22)16-10-8-15(9-11-16)23-7-2/h8-11H,6-7,12H2,1-5H3. The Morgan fingerprint density at radius 2 is 1.79 bits per heavy atom. The SMILES string of the molecule is CCOc1ccc(S(=O)(=O)N(C)Cc2c(C)nn(CC)c2C)cc1. The molecule has 1 heterocycles. The minimum Gasteiger partial charge on any atom is -0.494 e. The highest BCUT2D eigenvalue weighted by atomic mass is 32.2. The Kier molecular flexibility index (Phi) is 5.66. The van der Waals surface area contributed by atoms with Crippen molar-refractivity contribution in [3.8, 4) is 5.75 Å². The first kappa shape index (κ1) is 18.5. The van der Waals surface area contributed by atoms with Gasteiger partial charge in [-0.2, -0.15) is 9.40 Å². The molecule has 1 aromatic carbocycles. The molecule has 6 nitrogen and oxygen atoms in total. The van der Waals surface area contributed by atoms with E-state index in [1.807, 2.05) is 32.4 Å². The Labute approximate surface area is 144 Å². The largest absolute Gasteiger partial charge is 0.494 e. The predicted octanol–water partition coefficient (Wildman–Crippen LogP) is 2.74. The van der Waals surface area contributed by atoms with Gasteiger partial charge in [0.05, 0.1) is 17.2 Å². The molecule has 0 aliphatic rings.